The molecule has 8 heteroatoms. The molecule has 0 spiro atoms. The van der Waals surface area contributed by atoms with Crippen LogP contribution >= 0.6 is 15.9 Å². The number of hydrogen-bond donors (Lipinski definition) is 2. The Morgan fingerprint density at radius 1 is 1.30 bits per heavy atom. The highest BCUT2D eigenvalue weighted by Gasteiger charge is 2.20. The summed E-state index contributed by atoms with van der Waals surface area (Å²) in [5.41, 5.74) is 1.52. The van der Waals surface area contributed by atoms with E-state index in [4.69, 9.17) is 0 Å². The van der Waals surface area contributed by atoms with Gasteiger partial charge >= 0.3 is 0 Å². The van der Waals surface area contributed by atoms with E-state index in [1.807, 2.05) is 0 Å². The molecule has 0 fully saturated rings. The average Bonchev–Trinajstić information content (AvgIpc) is 2.42. The molecule has 20 heavy (non-hydrogen) atoms. The molecule has 0 unspecified atom stereocenters. The van der Waals surface area contributed by atoms with Gasteiger partial charge in [0, 0.05) is 4.47 Å². The summed E-state index contributed by atoms with van der Waals surface area (Å²) in [6.45, 7) is 1.53. The molecule has 1 aromatic carbocycles. The molecule has 0 radical (unpaired) electrons. The Bertz CT molecular complexity index is 720. The number of nitrogens with zero attached hydrogens (tertiary/aromatic N) is 2. The normalized spacial score (nSPS) is 11.3. The smallest absolute Gasteiger partial charge is 0.263 e. The zero-order valence-corrected chi connectivity index (χ0v) is 12.9. The van der Waals surface area contributed by atoms with Gasteiger partial charge in [-0.25, -0.2) is 18.4 Å². The molecule has 0 aliphatic carbocycles. The summed E-state index contributed by atoms with van der Waals surface area (Å²) in [4.78, 5) is 7.55. The Balaban J connectivity index is 2.47. The topological polar surface area (TPSA) is 92.2 Å². The predicted octanol–water partition coefficient (Wildman–Crippen LogP) is 1.84. The highest BCUT2D eigenvalue weighted by Crippen LogP contribution is 2.28. The van der Waals surface area contributed by atoms with Crippen molar-refractivity contribution >= 4 is 31.6 Å². The highest BCUT2D eigenvalue weighted by molar-refractivity contribution is 9.10. The first-order valence-corrected chi connectivity index (χ1v) is 7.89. The molecule has 2 aromatic rings. The van der Waals surface area contributed by atoms with E-state index in [1.165, 1.54) is 24.8 Å². The van der Waals surface area contributed by atoms with E-state index in [2.05, 4.69) is 30.6 Å². The minimum absolute atomic E-state index is 0.0606. The number of rotatable bonds is 4. The van der Waals surface area contributed by atoms with Crippen LogP contribution in [0.2, 0.25) is 0 Å². The monoisotopic (exact) mass is 357 g/mol. The van der Waals surface area contributed by atoms with Gasteiger partial charge in [-0.3, -0.25) is 4.72 Å². The van der Waals surface area contributed by atoms with Crippen molar-refractivity contribution in [3.8, 4) is 0 Å². The summed E-state index contributed by atoms with van der Waals surface area (Å²) in [7, 11) is -3.79. The zero-order valence-electron chi connectivity index (χ0n) is 10.5. The molecular formula is C12H12BrN3O3S. The van der Waals surface area contributed by atoms with Crippen molar-refractivity contribution < 1.29 is 13.5 Å². The Morgan fingerprint density at radius 2 is 1.95 bits per heavy atom. The maximum atomic E-state index is 12.4. The Labute approximate surface area is 125 Å². The van der Waals surface area contributed by atoms with E-state index in [-0.39, 0.29) is 17.2 Å². The minimum Gasteiger partial charge on any atom is -0.392 e. The fraction of sp³-hybridized carbons (Fsp3) is 0.167. The second-order valence-corrected chi connectivity index (χ2v) is 6.56. The van der Waals surface area contributed by atoms with Crippen LogP contribution in [0.4, 0.5) is 5.69 Å². The molecule has 0 bridgehead atoms. The van der Waals surface area contributed by atoms with Crippen LogP contribution < -0.4 is 4.72 Å². The van der Waals surface area contributed by atoms with E-state index < -0.39 is 10.0 Å². The van der Waals surface area contributed by atoms with E-state index in [9.17, 15) is 13.5 Å². The lowest BCUT2D eigenvalue weighted by Crippen LogP contribution is -2.14. The lowest BCUT2D eigenvalue weighted by atomic mass is 10.1. The van der Waals surface area contributed by atoms with Gasteiger partial charge in [0.1, 0.15) is 11.2 Å². The van der Waals surface area contributed by atoms with Gasteiger partial charge in [-0.1, -0.05) is 6.07 Å². The number of sulfonamides is 1. The Kier molecular flexibility index (Phi) is 4.36. The summed E-state index contributed by atoms with van der Waals surface area (Å²) >= 11 is 3.26. The Hall–Kier alpha value is -1.51. The van der Waals surface area contributed by atoms with Crippen molar-refractivity contribution in [3.63, 3.8) is 0 Å². The van der Waals surface area contributed by atoms with E-state index in [1.54, 1.807) is 13.0 Å². The van der Waals surface area contributed by atoms with Crippen molar-refractivity contribution in [2.75, 3.05) is 4.72 Å². The van der Waals surface area contributed by atoms with Crippen LogP contribution in [0.25, 0.3) is 0 Å². The van der Waals surface area contributed by atoms with Crippen LogP contribution in [-0.4, -0.2) is 23.5 Å². The number of aliphatic hydroxyl groups is 1. The summed E-state index contributed by atoms with van der Waals surface area (Å²) in [6, 6.07) is 3.14. The first-order chi connectivity index (χ1) is 9.44. The van der Waals surface area contributed by atoms with Gasteiger partial charge in [0.15, 0.2) is 0 Å². The van der Waals surface area contributed by atoms with Crippen LogP contribution in [0.15, 0.2) is 40.2 Å². The van der Waals surface area contributed by atoms with Crippen LogP contribution in [0.3, 0.4) is 0 Å². The molecule has 1 heterocycles. The number of aryl methyl sites for hydroxylation is 1. The number of benzene rings is 1. The molecule has 0 atom stereocenters. The van der Waals surface area contributed by atoms with E-state index >= 15 is 0 Å². The first-order valence-electron chi connectivity index (χ1n) is 5.62. The van der Waals surface area contributed by atoms with Gasteiger partial charge < -0.3 is 5.11 Å². The summed E-state index contributed by atoms with van der Waals surface area (Å²) in [5, 5.41) is 9.18. The minimum atomic E-state index is -3.79. The first kappa shape index (κ1) is 14.9. The van der Waals surface area contributed by atoms with Crippen molar-refractivity contribution in [1.29, 1.82) is 0 Å². The summed E-state index contributed by atoms with van der Waals surface area (Å²) < 4.78 is 27.6. The van der Waals surface area contributed by atoms with Gasteiger partial charge in [-0.15, -0.1) is 0 Å². The molecule has 1 aromatic heterocycles. The van der Waals surface area contributed by atoms with Gasteiger partial charge in [0.2, 0.25) is 0 Å². The Morgan fingerprint density at radius 3 is 2.55 bits per heavy atom. The average molecular weight is 358 g/mol. The van der Waals surface area contributed by atoms with Crippen LogP contribution in [0, 0.1) is 6.92 Å². The SMILES string of the molecule is Cc1cc(CO)cc(S(=O)(=O)Nc2cncnc2)c1Br. The predicted molar refractivity (Wildman–Crippen MR) is 77.6 cm³/mol. The maximum Gasteiger partial charge on any atom is 0.263 e. The zero-order chi connectivity index (χ0) is 14.8. The molecule has 2 N–H and O–H groups in total. The molecule has 6 nitrogen and oxygen atoms in total. The highest BCUT2D eigenvalue weighted by atomic mass is 79.9. The molecule has 0 aliphatic heterocycles. The fourth-order valence-corrected chi connectivity index (χ4v) is 3.76. The third kappa shape index (κ3) is 3.14. The van der Waals surface area contributed by atoms with Gasteiger partial charge in [-0.2, -0.15) is 0 Å². The molecular weight excluding hydrogens is 346 g/mol. The quantitative estimate of drug-likeness (QED) is 0.870. The second-order valence-electron chi connectivity index (χ2n) is 4.12. The number of aromatic nitrogens is 2. The molecule has 0 amide bonds. The number of anilines is 1. The van der Waals surface area contributed by atoms with Gasteiger partial charge in [0.05, 0.1) is 24.7 Å². The van der Waals surface area contributed by atoms with Crippen molar-refractivity contribution in [1.82, 2.24) is 9.97 Å². The second kappa shape index (κ2) is 5.86. The van der Waals surface area contributed by atoms with Crippen molar-refractivity contribution in [2.45, 2.75) is 18.4 Å². The van der Waals surface area contributed by atoms with Crippen molar-refractivity contribution in [2.24, 2.45) is 0 Å². The summed E-state index contributed by atoms with van der Waals surface area (Å²) in [6.07, 6.45) is 4.03. The van der Waals surface area contributed by atoms with Gasteiger partial charge in [0.25, 0.3) is 10.0 Å². The van der Waals surface area contributed by atoms with Gasteiger partial charge in [-0.05, 0) is 40.0 Å². The number of halogens is 1. The number of nitrogens with one attached hydrogen (secondary N) is 1. The number of hydrogen-bond acceptors (Lipinski definition) is 5. The molecule has 2 rings (SSSR count). The van der Waals surface area contributed by atoms with Crippen LogP contribution in [0.5, 0.6) is 0 Å². The van der Waals surface area contributed by atoms with Crippen molar-refractivity contribution in [3.05, 3.63) is 46.5 Å². The largest absolute Gasteiger partial charge is 0.392 e. The molecule has 0 aliphatic rings. The van der Waals surface area contributed by atoms with E-state index in [0.717, 1.165) is 5.56 Å². The van der Waals surface area contributed by atoms with Crippen LogP contribution in [0.1, 0.15) is 11.1 Å². The molecule has 0 saturated heterocycles. The van der Waals surface area contributed by atoms with Crippen LogP contribution in [-0.2, 0) is 16.6 Å². The lowest BCUT2D eigenvalue weighted by Gasteiger charge is -2.12. The number of aliphatic hydroxyl groups excluding tert-OH is 1. The lowest BCUT2D eigenvalue weighted by molar-refractivity contribution is 0.281. The summed E-state index contributed by atoms with van der Waals surface area (Å²) in [5.74, 6) is 0. The van der Waals surface area contributed by atoms with E-state index in [0.29, 0.717) is 10.0 Å². The standard InChI is InChI=1S/C12H12BrN3O3S/c1-8-2-9(6-17)3-11(12(8)13)20(18,19)16-10-4-14-7-15-5-10/h2-5,7,16-17H,6H2,1H3. The third-order valence-electron chi connectivity index (χ3n) is 2.57. The fourth-order valence-electron chi connectivity index (χ4n) is 1.66. The molecule has 106 valence electrons. The third-order valence-corrected chi connectivity index (χ3v) is 5.29. The molecule has 0 saturated carbocycles. The maximum absolute atomic E-state index is 12.4.